The molecule has 0 spiro atoms. The standard InChI is InChI=1S/C15H8Cl2FN3O3/c16-9-3-8(4-10(18)5-9)12-7-14(24-15(22)23)20-21(12)11-1-2-19-13(17)6-11/h1-7H,(H,22,23). The molecule has 9 heteroatoms. The number of pyridine rings is 1. The molecule has 0 saturated carbocycles. The van der Waals surface area contributed by atoms with Crippen LogP contribution in [0.25, 0.3) is 16.9 Å². The monoisotopic (exact) mass is 367 g/mol. The molecular weight excluding hydrogens is 360 g/mol. The summed E-state index contributed by atoms with van der Waals surface area (Å²) in [6.45, 7) is 0. The van der Waals surface area contributed by atoms with Gasteiger partial charge in [-0.05, 0) is 24.3 Å². The van der Waals surface area contributed by atoms with Gasteiger partial charge >= 0.3 is 6.16 Å². The number of hydrogen-bond donors (Lipinski definition) is 1. The van der Waals surface area contributed by atoms with E-state index in [0.29, 0.717) is 16.9 Å². The second-order valence-electron chi connectivity index (χ2n) is 4.64. The van der Waals surface area contributed by atoms with Crippen molar-refractivity contribution in [3.8, 4) is 22.8 Å². The zero-order chi connectivity index (χ0) is 17.3. The van der Waals surface area contributed by atoms with Gasteiger partial charge in [0, 0.05) is 28.9 Å². The van der Waals surface area contributed by atoms with Gasteiger partial charge in [0.1, 0.15) is 11.0 Å². The van der Waals surface area contributed by atoms with Crippen LogP contribution >= 0.6 is 23.2 Å². The molecule has 0 aliphatic rings. The molecule has 0 atom stereocenters. The zero-order valence-electron chi connectivity index (χ0n) is 11.8. The van der Waals surface area contributed by atoms with Crippen LogP contribution < -0.4 is 4.74 Å². The lowest BCUT2D eigenvalue weighted by Gasteiger charge is -2.08. The first-order valence-electron chi connectivity index (χ1n) is 6.51. The molecule has 1 N–H and O–H groups in total. The third kappa shape index (κ3) is 3.47. The molecule has 2 heterocycles. The van der Waals surface area contributed by atoms with Gasteiger partial charge in [-0.25, -0.2) is 18.9 Å². The van der Waals surface area contributed by atoms with Crippen LogP contribution in [0.3, 0.4) is 0 Å². The summed E-state index contributed by atoms with van der Waals surface area (Å²) >= 11 is 11.8. The molecule has 0 unspecified atom stereocenters. The van der Waals surface area contributed by atoms with Crippen LogP contribution in [0.4, 0.5) is 9.18 Å². The second-order valence-corrected chi connectivity index (χ2v) is 5.47. The number of nitrogens with zero attached hydrogens (tertiary/aromatic N) is 3. The highest BCUT2D eigenvalue weighted by molar-refractivity contribution is 6.30. The van der Waals surface area contributed by atoms with Crippen LogP contribution in [-0.4, -0.2) is 26.0 Å². The number of benzene rings is 1. The molecule has 0 bridgehead atoms. The highest BCUT2D eigenvalue weighted by atomic mass is 35.5. The molecule has 0 aliphatic heterocycles. The third-order valence-corrected chi connectivity index (χ3v) is 3.42. The summed E-state index contributed by atoms with van der Waals surface area (Å²) in [5.41, 5.74) is 1.25. The first kappa shape index (κ1) is 16.2. The summed E-state index contributed by atoms with van der Waals surface area (Å²) in [4.78, 5) is 14.6. The Balaban J connectivity index is 2.19. The SMILES string of the molecule is O=C(O)Oc1cc(-c2cc(F)cc(Cl)c2)n(-c2ccnc(Cl)c2)n1. The number of rotatable bonds is 3. The minimum absolute atomic E-state index is 0.175. The average Bonchev–Trinajstić information content (AvgIpc) is 2.89. The predicted octanol–water partition coefficient (Wildman–Crippen LogP) is 4.44. The van der Waals surface area contributed by atoms with Crippen LogP contribution in [-0.2, 0) is 0 Å². The van der Waals surface area contributed by atoms with Crippen LogP contribution in [0, 0.1) is 5.82 Å². The van der Waals surface area contributed by atoms with E-state index >= 15 is 0 Å². The molecule has 0 saturated heterocycles. The van der Waals surface area contributed by atoms with Crippen LogP contribution in [0.15, 0.2) is 42.6 Å². The number of hydrogen-bond acceptors (Lipinski definition) is 4. The second kappa shape index (κ2) is 6.46. The van der Waals surface area contributed by atoms with Gasteiger partial charge < -0.3 is 9.84 Å². The number of carboxylic acid groups (broad SMARTS) is 1. The summed E-state index contributed by atoms with van der Waals surface area (Å²) in [5, 5.41) is 13.2. The summed E-state index contributed by atoms with van der Waals surface area (Å²) in [6, 6.07) is 8.40. The van der Waals surface area contributed by atoms with Crippen molar-refractivity contribution < 1.29 is 19.0 Å². The fourth-order valence-electron chi connectivity index (χ4n) is 2.13. The Morgan fingerprint density at radius 1 is 1.21 bits per heavy atom. The maximum atomic E-state index is 13.7. The number of ether oxygens (including phenoxy) is 1. The molecule has 0 aliphatic carbocycles. The molecule has 3 aromatic rings. The van der Waals surface area contributed by atoms with Crippen molar-refractivity contribution in [3.05, 3.63) is 58.6 Å². The van der Waals surface area contributed by atoms with E-state index in [0.717, 1.165) is 6.07 Å². The van der Waals surface area contributed by atoms with E-state index in [1.54, 1.807) is 6.07 Å². The lowest BCUT2D eigenvalue weighted by molar-refractivity contribution is 0.142. The summed E-state index contributed by atoms with van der Waals surface area (Å²) in [6.07, 6.45) is -0.0596. The molecule has 3 rings (SSSR count). The Bertz CT molecular complexity index is 910. The first-order chi connectivity index (χ1) is 11.4. The van der Waals surface area contributed by atoms with Crippen LogP contribution in [0.1, 0.15) is 0 Å². The van der Waals surface area contributed by atoms with Gasteiger partial charge in [0.25, 0.3) is 0 Å². The average molecular weight is 368 g/mol. The number of aromatic nitrogens is 3. The molecule has 1 aromatic carbocycles. The van der Waals surface area contributed by atoms with Crippen molar-refractivity contribution >= 4 is 29.4 Å². The maximum absolute atomic E-state index is 13.7. The van der Waals surface area contributed by atoms with Crippen molar-refractivity contribution in [2.75, 3.05) is 0 Å². The van der Waals surface area contributed by atoms with Gasteiger partial charge in [-0.1, -0.05) is 23.2 Å². The topological polar surface area (TPSA) is 77.2 Å². The molecule has 2 aromatic heterocycles. The van der Waals surface area contributed by atoms with E-state index in [4.69, 9.17) is 28.3 Å². The highest BCUT2D eigenvalue weighted by Gasteiger charge is 2.16. The van der Waals surface area contributed by atoms with Crippen LogP contribution in [0.2, 0.25) is 10.2 Å². The lowest BCUT2D eigenvalue weighted by Crippen LogP contribution is -2.04. The van der Waals surface area contributed by atoms with E-state index in [-0.39, 0.29) is 16.1 Å². The zero-order valence-corrected chi connectivity index (χ0v) is 13.3. The summed E-state index contributed by atoms with van der Waals surface area (Å²) in [7, 11) is 0. The summed E-state index contributed by atoms with van der Waals surface area (Å²) in [5.74, 6) is -0.718. The van der Waals surface area contributed by atoms with Crippen molar-refractivity contribution in [2.45, 2.75) is 0 Å². The fraction of sp³-hybridized carbons (Fsp3) is 0. The predicted molar refractivity (Wildman–Crippen MR) is 85.4 cm³/mol. The minimum atomic E-state index is -1.52. The number of carbonyl (C=O) groups is 1. The molecule has 24 heavy (non-hydrogen) atoms. The quantitative estimate of drug-likeness (QED) is 0.546. The van der Waals surface area contributed by atoms with Crippen molar-refractivity contribution in [2.24, 2.45) is 0 Å². The Hall–Kier alpha value is -2.64. The molecule has 0 fully saturated rings. The third-order valence-electron chi connectivity index (χ3n) is 2.99. The number of halogens is 3. The van der Waals surface area contributed by atoms with E-state index in [1.807, 2.05) is 0 Å². The van der Waals surface area contributed by atoms with Crippen LogP contribution in [0.5, 0.6) is 5.88 Å². The molecule has 6 nitrogen and oxygen atoms in total. The van der Waals surface area contributed by atoms with Crippen molar-refractivity contribution in [1.82, 2.24) is 14.8 Å². The van der Waals surface area contributed by atoms with Crippen molar-refractivity contribution in [1.29, 1.82) is 0 Å². The first-order valence-corrected chi connectivity index (χ1v) is 7.27. The van der Waals surface area contributed by atoms with E-state index in [2.05, 4.69) is 14.8 Å². The fourth-order valence-corrected chi connectivity index (χ4v) is 2.52. The Labute approximate surface area is 145 Å². The maximum Gasteiger partial charge on any atom is 0.512 e. The van der Waals surface area contributed by atoms with Gasteiger partial charge in [-0.3, -0.25) is 0 Å². The highest BCUT2D eigenvalue weighted by Crippen LogP contribution is 2.30. The minimum Gasteiger partial charge on any atom is -0.449 e. The Morgan fingerprint density at radius 2 is 2.00 bits per heavy atom. The van der Waals surface area contributed by atoms with Crippen molar-refractivity contribution in [3.63, 3.8) is 0 Å². The van der Waals surface area contributed by atoms with Gasteiger partial charge in [-0.15, -0.1) is 5.10 Å². The van der Waals surface area contributed by atoms with E-state index < -0.39 is 12.0 Å². The lowest BCUT2D eigenvalue weighted by atomic mass is 10.1. The van der Waals surface area contributed by atoms with E-state index in [1.165, 1.54) is 35.1 Å². The largest absolute Gasteiger partial charge is 0.512 e. The molecule has 0 radical (unpaired) electrons. The summed E-state index contributed by atoms with van der Waals surface area (Å²) < 4.78 is 19.6. The van der Waals surface area contributed by atoms with Gasteiger partial charge in [0.2, 0.25) is 5.88 Å². The Morgan fingerprint density at radius 3 is 2.67 bits per heavy atom. The molecular formula is C15H8Cl2FN3O3. The van der Waals surface area contributed by atoms with Gasteiger partial charge in [0.15, 0.2) is 0 Å². The van der Waals surface area contributed by atoms with E-state index in [9.17, 15) is 9.18 Å². The van der Waals surface area contributed by atoms with Gasteiger partial charge in [0.05, 0.1) is 11.4 Å². The van der Waals surface area contributed by atoms with Gasteiger partial charge in [-0.2, -0.15) is 0 Å². The molecule has 0 amide bonds. The Kier molecular flexibility index (Phi) is 4.37. The molecule has 122 valence electrons. The normalized spacial score (nSPS) is 10.6. The smallest absolute Gasteiger partial charge is 0.449 e.